The van der Waals surface area contributed by atoms with Gasteiger partial charge in [-0.3, -0.25) is 4.79 Å². The van der Waals surface area contributed by atoms with Crippen LogP contribution in [0, 0.1) is 5.92 Å². The molecule has 2 nitrogen and oxygen atoms in total. The first-order valence-electron chi connectivity index (χ1n) is 5.05. The smallest absolute Gasteiger partial charge is 0.225 e. The van der Waals surface area contributed by atoms with E-state index in [1.807, 2.05) is 11.9 Å². The highest BCUT2D eigenvalue weighted by atomic mass is 16.2. The molecule has 0 aliphatic heterocycles. The lowest BCUT2D eigenvalue weighted by Gasteiger charge is -2.24. The maximum absolute atomic E-state index is 11.6. The Labute approximate surface area is 73.9 Å². The molecule has 2 heteroatoms. The summed E-state index contributed by atoms with van der Waals surface area (Å²) in [5, 5.41) is 0. The van der Waals surface area contributed by atoms with Gasteiger partial charge in [0.2, 0.25) is 5.91 Å². The quantitative estimate of drug-likeness (QED) is 0.614. The first-order chi connectivity index (χ1) is 5.79. The van der Waals surface area contributed by atoms with Gasteiger partial charge >= 0.3 is 0 Å². The van der Waals surface area contributed by atoms with Gasteiger partial charge in [-0.2, -0.15) is 0 Å². The Morgan fingerprint density at radius 3 is 2.25 bits per heavy atom. The highest BCUT2D eigenvalue weighted by molar-refractivity contribution is 5.81. The third kappa shape index (κ3) is 1.47. The number of amides is 1. The fraction of sp³-hybridized carbons (Fsp3) is 0.900. The molecular formula is C10H17NO. The topological polar surface area (TPSA) is 20.3 Å². The fourth-order valence-corrected chi connectivity index (χ4v) is 2.09. The van der Waals surface area contributed by atoms with Crippen LogP contribution in [0.25, 0.3) is 0 Å². The lowest BCUT2D eigenvalue weighted by atomic mass is 10.2. The molecule has 1 amide bonds. The van der Waals surface area contributed by atoms with E-state index in [0.29, 0.717) is 17.9 Å². The summed E-state index contributed by atoms with van der Waals surface area (Å²) in [6, 6.07) is 0.568. The van der Waals surface area contributed by atoms with E-state index in [1.54, 1.807) is 0 Å². The summed E-state index contributed by atoms with van der Waals surface area (Å²) >= 11 is 0. The Hall–Kier alpha value is -0.530. The Morgan fingerprint density at radius 1 is 1.17 bits per heavy atom. The molecule has 0 radical (unpaired) electrons. The third-order valence-corrected chi connectivity index (χ3v) is 3.15. The minimum atomic E-state index is 0.399. The molecule has 2 fully saturated rings. The van der Waals surface area contributed by atoms with Crippen molar-refractivity contribution in [1.29, 1.82) is 0 Å². The molecule has 0 unspecified atom stereocenters. The van der Waals surface area contributed by atoms with Crippen molar-refractivity contribution in [2.24, 2.45) is 5.92 Å². The van der Waals surface area contributed by atoms with Gasteiger partial charge in [-0.1, -0.05) is 12.8 Å². The van der Waals surface area contributed by atoms with E-state index >= 15 is 0 Å². The number of nitrogens with zero attached hydrogens (tertiary/aromatic N) is 1. The Morgan fingerprint density at radius 2 is 1.75 bits per heavy atom. The third-order valence-electron chi connectivity index (χ3n) is 3.15. The van der Waals surface area contributed by atoms with E-state index in [2.05, 4.69) is 0 Å². The van der Waals surface area contributed by atoms with Gasteiger partial charge in [0.15, 0.2) is 0 Å². The molecular weight excluding hydrogens is 150 g/mol. The molecule has 2 aliphatic rings. The first-order valence-corrected chi connectivity index (χ1v) is 5.05. The van der Waals surface area contributed by atoms with Crippen molar-refractivity contribution < 1.29 is 4.79 Å². The monoisotopic (exact) mass is 167 g/mol. The van der Waals surface area contributed by atoms with Crippen molar-refractivity contribution in [1.82, 2.24) is 4.90 Å². The van der Waals surface area contributed by atoms with Crippen LogP contribution in [-0.4, -0.2) is 23.9 Å². The fourth-order valence-electron chi connectivity index (χ4n) is 2.09. The molecule has 12 heavy (non-hydrogen) atoms. The molecule has 68 valence electrons. The molecule has 0 spiro atoms. The van der Waals surface area contributed by atoms with Crippen LogP contribution < -0.4 is 0 Å². The standard InChI is InChI=1S/C10H17NO/c1-11(9-4-2-3-5-9)10(12)8-6-7-8/h8-9H,2-7H2,1H3. The summed E-state index contributed by atoms with van der Waals surface area (Å²) in [4.78, 5) is 13.6. The molecule has 0 heterocycles. The van der Waals surface area contributed by atoms with Crippen LogP contribution in [0.4, 0.5) is 0 Å². The van der Waals surface area contributed by atoms with Gasteiger partial charge in [-0.15, -0.1) is 0 Å². The van der Waals surface area contributed by atoms with E-state index in [-0.39, 0.29) is 0 Å². The van der Waals surface area contributed by atoms with Crippen LogP contribution in [-0.2, 0) is 4.79 Å². The first kappa shape index (κ1) is 8.09. The van der Waals surface area contributed by atoms with Crippen LogP contribution in [0.15, 0.2) is 0 Å². The average Bonchev–Trinajstić information content (AvgIpc) is 2.79. The van der Waals surface area contributed by atoms with Crippen molar-refractivity contribution in [3.8, 4) is 0 Å². The minimum Gasteiger partial charge on any atom is -0.343 e. The molecule has 0 bridgehead atoms. The van der Waals surface area contributed by atoms with E-state index in [4.69, 9.17) is 0 Å². The van der Waals surface area contributed by atoms with Crippen LogP contribution in [0.5, 0.6) is 0 Å². The lowest BCUT2D eigenvalue weighted by Crippen LogP contribution is -2.36. The summed E-state index contributed by atoms with van der Waals surface area (Å²) in [7, 11) is 1.98. The maximum atomic E-state index is 11.6. The second kappa shape index (κ2) is 3.08. The molecule has 0 aromatic carbocycles. The number of hydrogen-bond acceptors (Lipinski definition) is 1. The Bertz CT molecular complexity index is 180. The van der Waals surface area contributed by atoms with E-state index < -0.39 is 0 Å². The molecule has 0 atom stereocenters. The van der Waals surface area contributed by atoms with E-state index in [1.165, 1.54) is 25.7 Å². The zero-order valence-electron chi connectivity index (χ0n) is 7.75. The predicted octanol–water partition coefficient (Wildman–Crippen LogP) is 1.80. The largest absolute Gasteiger partial charge is 0.343 e. The second-order valence-electron chi connectivity index (χ2n) is 4.16. The molecule has 2 saturated carbocycles. The lowest BCUT2D eigenvalue weighted by molar-refractivity contribution is -0.133. The summed E-state index contributed by atoms with van der Waals surface area (Å²) in [5.41, 5.74) is 0. The number of rotatable bonds is 2. The van der Waals surface area contributed by atoms with Gasteiger partial charge in [0.1, 0.15) is 0 Å². The van der Waals surface area contributed by atoms with Crippen molar-refractivity contribution >= 4 is 5.91 Å². The second-order valence-corrected chi connectivity index (χ2v) is 4.16. The van der Waals surface area contributed by atoms with E-state index in [0.717, 1.165) is 12.8 Å². The zero-order chi connectivity index (χ0) is 8.55. The van der Waals surface area contributed by atoms with Crippen molar-refractivity contribution in [3.05, 3.63) is 0 Å². The molecule has 0 N–H and O–H groups in total. The summed E-state index contributed by atoms with van der Waals surface area (Å²) < 4.78 is 0. The molecule has 2 aliphatic carbocycles. The average molecular weight is 167 g/mol. The van der Waals surface area contributed by atoms with Gasteiger partial charge in [-0.05, 0) is 25.7 Å². The summed E-state index contributed by atoms with van der Waals surface area (Å²) in [6.45, 7) is 0. The molecule has 2 rings (SSSR count). The zero-order valence-corrected chi connectivity index (χ0v) is 7.75. The van der Waals surface area contributed by atoms with Gasteiger partial charge < -0.3 is 4.90 Å². The van der Waals surface area contributed by atoms with Gasteiger partial charge in [0.25, 0.3) is 0 Å². The van der Waals surface area contributed by atoms with Gasteiger partial charge in [-0.25, -0.2) is 0 Å². The molecule has 0 saturated heterocycles. The van der Waals surface area contributed by atoms with Crippen molar-refractivity contribution in [3.63, 3.8) is 0 Å². The normalized spacial score (nSPS) is 24.4. The van der Waals surface area contributed by atoms with Crippen LogP contribution in [0.2, 0.25) is 0 Å². The Kier molecular flexibility index (Phi) is 2.07. The van der Waals surface area contributed by atoms with Crippen molar-refractivity contribution in [2.75, 3.05) is 7.05 Å². The Balaban J connectivity index is 1.88. The van der Waals surface area contributed by atoms with Crippen LogP contribution >= 0.6 is 0 Å². The maximum Gasteiger partial charge on any atom is 0.225 e. The van der Waals surface area contributed by atoms with Crippen LogP contribution in [0.1, 0.15) is 38.5 Å². The van der Waals surface area contributed by atoms with Gasteiger partial charge in [0.05, 0.1) is 0 Å². The molecule has 0 aromatic rings. The molecule has 0 aromatic heterocycles. The highest BCUT2D eigenvalue weighted by Crippen LogP contribution is 2.33. The van der Waals surface area contributed by atoms with Gasteiger partial charge in [0, 0.05) is 19.0 Å². The minimum absolute atomic E-state index is 0.399. The summed E-state index contributed by atoms with van der Waals surface area (Å²) in [5.74, 6) is 0.803. The SMILES string of the molecule is CN(C(=O)C1CC1)C1CCCC1. The van der Waals surface area contributed by atoms with Crippen molar-refractivity contribution in [2.45, 2.75) is 44.6 Å². The number of carbonyl (C=O) groups excluding carboxylic acids is 1. The highest BCUT2D eigenvalue weighted by Gasteiger charge is 2.34. The number of hydrogen-bond donors (Lipinski definition) is 0. The predicted molar refractivity (Wildman–Crippen MR) is 47.8 cm³/mol. The van der Waals surface area contributed by atoms with Crippen LogP contribution in [0.3, 0.4) is 0 Å². The number of carbonyl (C=O) groups is 1. The summed E-state index contributed by atoms with van der Waals surface area (Å²) in [6.07, 6.45) is 7.36. The van der Waals surface area contributed by atoms with E-state index in [9.17, 15) is 4.79 Å².